The molecule has 0 aliphatic carbocycles. The van der Waals surface area contributed by atoms with E-state index in [1.807, 2.05) is 49.4 Å². The minimum Gasteiger partial charge on any atom is -0.597 e. The fourth-order valence-corrected chi connectivity index (χ4v) is 3.65. The molecule has 1 aromatic carbocycles. The van der Waals surface area contributed by atoms with Crippen LogP contribution in [0.4, 0.5) is 0 Å². The minimum atomic E-state index is -1.05. The van der Waals surface area contributed by atoms with Crippen molar-refractivity contribution in [1.29, 1.82) is 0 Å². The van der Waals surface area contributed by atoms with Crippen molar-refractivity contribution in [3.63, 3.8) is 0 Å². The number of nitrogens with zero attached hydrogens (tertiary/aromatic N) is 1. The van der Waals surface area contributed by atoms with E-state index >= 15 is 0 Å². The molecule has 0 spiro atoms. The topological polar surface area (TPSA) is 35.5 Å². The summed E-state index contributed by atoms with van der Waals surface area (Å²) < 4.78 is 20.2. The van der Waals surface area contributed by atoms with Crippen molar-refractivity contribution in [3.8, 4) is 0 Å². The van der Waals surface area contributed by atoms with Gasteiger partial charge in [-0.05, 0) is 45.3 Å². The first-order valence-electron chi connectivity index (χ1n) is 7.48. The van der Waals surface area contributed by atoms with Gasteiger partial charge in [-0.15, -0.1) is 4.31 Å². The van der Waals surface area contributed by atoms with Gasteiger partial charge in [-0.25, -0.2) is 0 Å². The second-order valence-corrected chi connectivity index (χ2v) is 8.62. The Morgan fingerprint density at radius 2 is 2.00 bits per heavy atom. The quantitative estimate of drug-likeness (QED) is 0.779. The van der Waals surface area contributed by atoms with Gasteiger partial charge in [0.1, 0.15) is 10.9 Å². The zero-order valence-electron chi connectivity index (χ0n) is 13.1. The third-order valence-electron chi connectivity index (χ3n) is 3.39. The number of benzene rings is 1. The van der Waals surface area contributed by atoms with Gasteiger partial charge in [-0.2, -0.15) is 0 Å². The van der Waals surface area contributed by atoms with E-state index in [0.717, 1.165) is 12.8 Å². The van der Waals surface area contributed by atoms with Gasteiger partial charge in [0.05, 0.1) is 19.4 Å². The van der Waals surface area contributed by atoms with Crippen LogP contribution >= 0.6 is 0 Å². The van der Waals surface area contributed by atoms with Crippen LogP contribution < -0.4 is 0 Å². The van der Waals surface area contributed by atoms with Crippen molar-refractivity contribution in [2.75, 3.05) is 6.54 Å². The highest BCUT2D eigenvalue weighted by atomic mass is 32.2. The Hall–Kier alpha value is -0.970. The summed E-state index contributed by atoms with van der Waals surface area (Å²) in [6, 6.07) is 10.2. The van der Waals surface area contributed by atoms with Gasteiger partial charge in [0.25, 0.3) is 0 Å². The summed E-state index contributed by atoms with van der Waals surface area (Å²) in [7, 11) is 0. The predicted octanol–water partition coefficient (Wildman–Crippen LogP) is 3.64. The second-order valence-electron chi connectivity index (χ2n) is 6.38. The average Bonchev–Trinajstić information content (AvgIpc) is 2.47. The molecule has 2 atom stereocenters. The highest BCUT2D eigenvalue weighted by Crippen LogP contribution is 2.24. The molecule has 3 nitrogen and oxygen atoms in total. The zero-order chi connectivity index (χ0) is 15.3. The first-order chi connectivity index (χ1) is 9.97. The average molecular weight is 307 g/mol. The molecule has 1 aliphatic heterocycles. The maximum absolute atomic E-state index is 12.8. The Balaban J connectivity index is 2.08. The van der Waals surface area contributed by atoms with E-state index in [9.17, 15) is 4.55 Å². The van der Waals surface area contributed by atoms with Crippen LogP contribution in [0.25, 0.3) is 0 Å². The largest absolute Gasteiger partial charge is 0.597 e. The maximum Gasteiger partial charge on any atom is 0.137 e. The van der Waals surface area contributed by atoms with Crippen molar-refractivity contribution in [3.05, 3.63) is 48.2 Å². The molecule has 0 fully saturated rings. The van der Waals surface area contributed by atoms with E-state index in [2.05, 4.69) is 12.1 Å². The van der Waals surface area contributed by atoms with Crippen LogP contribution in [0.15, 0.2) is 42.7 Å². The Morgan fingerprint density at radius 3 is 2.57 bits per heavy atom. The normalized spacial score (nSPS) is 20.3. The Kier molecular flexibility index (Phi) is 5.73. The fourth-order valence-electron chi connectivity index (χ4n) is 2.31. The van der Waals surface area contributed by atoms with Crippen molar-refractivity contribution < 1.29 is 9.29 Å². The van der Waals surface area contributed by atoms with Crippen molar-refractivity contribution in [1.82, 2.24) is 4.31 Å². The summed E-state index contributed by atoms with van der Waals surface area (Å²) in [5, 5.41) is 0. The van der Waals surface area contributed by atoms with Crippen molar-refractivity contribution >= 4 is 11.4 Å². The zero-order valence-corrected chi connectivity index (χ0v) is 13.9. The van der Waals surface area contributed by atoms with E-state index in [1.54, 1.807) is 6.26 Å². The van der Waals surface area contributed by atoms with Crippen LogP contribution in [0.2, 0.25) is 0 Å². The number of hydrogen-bond acceptors (Lipinski definition) is 3. The first-order valence-corrected chi connectivity index (χ1v) is 8.59. The number of allylic oxidation sites excluding steroid dienone is 1. The Morgan fingerprint density at radius 1 is 1.29 bits per heavy atom. The molecule has 0 radical (unpaired) electrons. The molecule has 1 unspecified atom stereocenters. The Labute approximate surface area is 131 Å². The highest BCUT2D eigenvalue weighted by molar-refractivity contribution is 7.90. The monoisotopic (exact) mass is 307 g/mol. The molecular weight excluding hydrogens is 282 g/mol. The molecule has 0 saturated carbocycles. The molecule has 21 heavy (non-hydrogen) atoms. The van der Waals surface area contributed by atoms with Crippen LogP contribution in [0, 0.1) is 0 Å². The molecular formula is C17H25NO2S. The fraction of sp³-hybridized carbons (Fsp3) is 0.529. The van der Waals surface area contributed by atoms with Gasteiger partial charge >= 0.3 is 0 Å². The summed E-state index contributed by atoms with van der Waals surface area (Å²) in [5.74, 6) is 0. The summed E-state index contributed by atoms with van der Waals surface area (Å²) in [6.45, 7) is 7.44. The van der Waals surface area contributed by atoms with Gasteiger partial charge in [0.15, 0.2) is 0 Å². The number of rotatable bonds is 5. The lowest BCUT2D eigenvalue weighted by Gasteiger charge is -2.34. The van der Waals surface area contributed by atoms with Gasteiger partial charge in [-0.1, -0.05) is 30.3 Å². The molecule has 0 bridgehead atoms. The SMILES string of the molecule is CC(C)(C)[S@@+]([O-])N(Cc1ccccc1)CC1CCC=CO1. The lowest BCUT2D eigenvalue weighted by molar-refractivity contribution is 0.101. The van der Waals surface area contributed by atoms with E-state index in [0.29, 0.717) is 13.1 Å². The highest BCUT2D eigenvalue weighted by Gasteiger charge is 2.35. The predicted molar refractivity (Wildman–Crippen MR) is 88.0 cm³/mol. The summed E-state index contributed by atoms with van der Waals surface area (Å²) in [6.07, 6.45) is 5.97. The molecule has 0 N–H and O–H groups in total. The third kappa shape index (κ3) is 5.06. The number of hydrogen-bond donors (Lipinski definition) is 0. The molecule has 0 amide bonds. The molecule has 1 heterocycles. The summed E-state index contributed by atoms with van der Waals surface area (Å²) >= 11 is -1.05. The van der Waals surface area contributed by atoms with E-state index < -0.39 is 11.4 Å². The lowest BCUT2D eigenvalue weighted by Crippen LogP contribution is -2.46. The maximum atomic E-state index is 12.8. The summed E-state index contributed by atoms with van der Waals surface area (Å²) in [4.78, 5) is 0. The van der Waals surface area contributed by atoms with Crippen LogP contribution in [-0.2, 0) is 22.6 Å². The summed E-state index contributed by atoms with van der Waals surface area (Å²) in [5.41, 5.74) is 1.18. The van der Waals surface area contributed by atoms with Crippen LogP contribution in [-0.4, -0.2) is 26.3 Å². The van der Waals surface area contributed by atoms with Crippen molar-refractivity contribution in [2.24, 2.45) is 0 Å². The van der Waals surface area contributed by atoms with Gasteiger partial charge in [0.2, 0.25) is 0 Å². The standard InChI is InChI=1S/C17H25NO2S/c1-17(2,3)21(19)18(13-15-9-5-4-6-10-15)14-16-11-7-8-12-20-16/h4-6,8-10,12,16H,7,11,13-14H2,1-3H3/t16?,21-/m1/s1. The van der Waals surface area contributed by atoms with Crippen LogP contribution in [0.1, 0.15) is 39.2 Å². The molecule has 2 rings (SSSR count). The van der Waals surface area contributed by atoms with E-state index in [-0.39, 0.29) is 10.9 Å². The smallest absolute Gasteiger partial charge is 0.137 e. The van der Waals surface area contributed by atoms with E-state index in [1.165, 1.54) is 5.56 Å². The number of ether oxygens (including phenoxy) is 1. The minimum absolute atomic E-state index is 0.130. The van der Waals surface area contributed by atoms with Gasteiger partial charge < -0.3 is 9.29 Å². The van der Waals surface area contributed by atoms with Crippen molar-refractivity contribution in [2.45, 2.75) is 51.0 Å². The molecule has 0 aromatic heterocycles. The molecule has 1 aliphatic rings. The molecule has 1 aromatic rings. The molecule has 0 saturated heterocycles. The first kappa shape index (κ1) is 16.4. The van der Waals surface area contributed by atoms with Crippen LogP contribution in [0.3, 0.4) is 0 Å². The second kappa shape index (κ2) is 7.34. The van der Waals surface area contributed by atoms with Crippen LogP contribution in [0.5, 0.6) is 0 Å². The Bertz CT molecular complexity index is 456. The molecule has 4 heteroatoms. The van der Waals surface area contributed by atoms with Gasteiger partial charge in [0, 0.05) is 11.4 Å². The molecule has 116 valence electrons. The lowest BCUT2D eigenvalue weighted by atomic mass is 10.1. The van der Waals surface area contributed by atoms with E-state index in [4.69, 9.17) is 4.74 Å². The third-order valence-corrected chi connectivity index (χ3v) is 5.18. The van der Waals surface area contributed by atoms with Gasteiger partial charge in [-0.3, -0.25) is 0 Å².